The summed E-state index contributed by atoms with van der Waals surface area (Å²) in [5, 5.41) is 9.36. The van der Waals surface area contributed by atoms with Crippen LogP contribution in [0.4, 0.5) is 5.82 Å². The van der Waals surface area contributed by atoms with Crippen molar-refractivity contribution < 1.29 is 9.90 Å². The van der Waals surface area contributed by atoms with Gasteiger partial charge in [-0.2, -0.15) is 0 Å². The van der Waals surface area contributed by atoms with E-state index in [0.29, 0.717) is 16.8 Å². The Bertz CT molecular complexity index is 526. The molecule has 114 valence electrons. The average molecular weight is 288 g/mol. The van der Waals surface area contributed by atoms with E-state index in [0.717, 1.165) is 18.8 Å². The van der Waals surface area contributed by atoms with E-state index in [2.05, 4.69) is 9.88 Å². The van der Waals surface area contributed by atoms with Gasteiger partial charge in [0.15, 0.2) is 0 Å². The Morgan fingerprint density at radius 1 is 1.14 bits per heavy atom. The zero-order chi connectivity index (χ0) is 14.9. The van der Waals surface area contributed by atoms with Crippen LogP contribution in [0.25, 0.3) is 0 Å². The molecule has 1 saturated heterocycles. The van der Waals surface area contributed by atoms with Crippen molar-refractivity contribution in [3.8, 4) is 0 Å². The zero-order valence-corrected chi connectivity index (χ0v) is 12.8. The molecule has 4 nitrogen and oxygen atoms in total. The summed E-state index contributed by atoms with van der Waals surface area (Å²) in [6.07, 6.45) is 9.19. The van der Waals surface area contributed by atoms with Crippen LogP contribution in [0.3, 0.4) is 0 Å². The van der Waals surface area contributed by atoms with Crippen molar-refractivity contribution in [1.82, 2.24) is 4.98 Å². The Hall–Kier alpha value is -1.58. The van der Waals surface area contributed by atoms with Gasteiger partial charge in [0.2, 0.25) is 0 Å². The Labute approximate surface area is 126 Å². The van der Waals surface area contributed by atoms with E-state index in [1.807, 2.05) is 6.92 Å². The second kappa shape index (κ2) is 5.66. The summed E-state index contributed by atoms with van der Waals surface area (Å²) in [4.78, 5) is 18.1. The van der Waals surface area contributed by atoms with Gasteiger partial charge >= 0.3 is 5.97 Å². The molecule has 0 bridgehead atoms. The fourth-order valence-corrected chi connectivity index (χ4v) is 3.95. The Kier molecular flexibility index (Phi) is 3.87. The van der Waals surface area contributed by atoms with E-state index >= 15 is 0 Å². The van der Waals surface area contributed by atoms with Gasteiger partial charge in [0.05, 0.1) is 0 Å². The molecule has 1 spiro atoms. The lowest BCUT2D eigenvalue weighted by Crippen LogP contribution is -2.42. The third kappa shape index (κ3) is 2.89. The molecule has 0 unspecified atom stereocenters. The smallest absolute Gasteiger partial charge is 0.339 e. The SMILES string of the molecule is Cc1ccc(C(=O)O)c(N2CCC3(CCCCC3)CC2)n1. The second-order valence-electron chi connectivity index (χ2n) is 6.68. The van der Waals surface area contributed by atoms with Crippen LogP contribution in [-0.2, 0) is 0 Å². The fourth-order valence-electron chi connectivity index (χ4n) is 3.95. The molecule has 2 heterocycles. The zero-order valence-electron chi connectivity index (χ0n) is 12.8. The predicted molar refractivity (Wildman–Crippen MR) is 82.9 cm³/mol. The maximum Gasteiger partial charge on any atom is 0.339 e. The molecule has 1 aliphatic heterocycles. The lowest BCUT2D eigenvalue weighted by molar-refractivity contribution is 0.0696. The van der Waals surface area contributed by atoms with E-state index < -0.39 is 5.97 Å². The van der Waals surface area contributed by atoms with E-state index in [1.54, 1.807) is 12.1 Å². The highest BCUT2D eigenvalue weighted by molar-refractivity contribution is 5.93. The third-order valence-electron chi connectivity index (χ3n) is 5.28. The molecule has 0 atom stereocenters. The van der Waals surface area contributed by atoms with Gasteiger partial charge in [-0.15, -0.1) is 0 Å². The number of hydrogen-bond donors (Lipinski definition) is 1. The van der Waals surface area contributed by atoms with Crippen molar-refractivity contribution in [1.29, 1.82) is 0 Å². The highest BCUT2D eigenvalue weighted by Crippen LogP contribution is 2.45. The number of carbonyl (C=O) groups is 1. The van der Waals surface area contributed by atoms with Gasteiger partial charge in [0.1, 0.15) is 11.4 Å². The summed E-state index contributed by atoms with van der Waals surface area (Å²) in [5.41, 5.74) is 1.75. The monoisotopic (exact) mass is 288 g/mol. The van der Waals surface area contributed by atoms with Crippen molar-refractivity contribution in [2.45, 2.75) is 51.9 Å². The molecule has 0 aromatic carbocycles. The summed E-state index contributed by atoms with van der Waals surface area (Å²) < 4.78 is 0. The van der Waals surface area contributed by atoms with Crippen molar-refractivity contribution in [3.05, 3.63) is 23.4 Å². The molecule has 1 aliphatic carbocycles. The Balaban J connectivity index is 1.77. The standard InChI is InChI=1S/C17H24N2O2/c1-13-5-6-14(16(20)21)15(18-13)19-11-9-17(10-12-19)7-3-2-4-8-17/h5-6H,2-4,7-12H2,1H3,(H,20,21). The van der Waals surface area contributed by atoms with Gasteiger partial charge in [0, 0.05) is 18.8 Å². The first-order chi connectivity index (χ1) is 10.1. The van der Waals surface area contributed by atoms with Crippen LogP contribution in [0, 0.1) is 12.3 Å². The van der Waals surface area contributed by atoms with Gasteiger partial charge < -0.3 is 10.0 Å². The molecule has 2 aliphatic rings. The molecule has 0 radical (unpaired) electrons. The topological polar surface area (TPSA) is 53.4 Å². The summed E-state index contributed by atoms with van der Waals surface area (Å²) >= 11 is 0. The van der Waals surface area contributed by atoms with Crippen molar-refractivity contribution in [2.75, 3.05) is 18.0 Å². The van der Waals surface area contributed by atoms with Gasteiger partial charge in [-0.05, 0) is 50.2 Å². The van der Waals surface area contributed by atoms with E-state index in [-0.39, 0.29) is 0 Å². The number of nitrogens with zero attached hydrogens (tertiary/aromatic N) is 2. The average Bonchev–Trinajstić information content (AvgIpc) is 2.48. The number of hydrogen-bond acceptors (Lipinski definition) is 3. The molecule has 21 heavy (non-hydrogen) atoms. The number of anilines is 1. The van der Waals surface area contributed by atoms with Crippen LogP contribution < -0.4 is 4.90 Å². The molecule has 1 N–H and O–H groups in total. The number of aromatic carboxylic acids is 1. The summed E-state index contributed by atoms with van der Waals surface area (Å²) in [7, 11) is 0. The summed E-state index contributed by atoms with van der Waals surface area (Å²) in [5.74, 6) is -0.219. The molecule has 0 amide bonds. The Morgan fingerprint density at radius 2 is 1.81 bits per heavy atom. The number of carboxylic acids is 1. The van der Waals surface area contributed by atoms with E-state index in [1.165, 1.54) is 44.9 Å². The van der Waals surface area contributed by atoms with Gasteiger partial charge in [0.25, 0.3) is 0 Å². The van der Waals surface area contributed by atoms with Crippen LogP contribution >= 0.6 is 0 Å². The molecular formula is C17H24N2O2. The number of carboxylic acid groups (broad SMARTS) is 1. The molecule has 3 rings (SSSR count). The first-order valence-electron chi connectivity index (χ1n) is 8.06. The lowest BCUT2D eigenvalue weighted by atomic mass is 9.68. The minimum atomic E-state index is -0.879. The van der Waals surface area contributed by atoms with Gasteiger partial charge in [-0.25, -0.2) is 9.78 Å². The molecule has 1 aromatic heterocycles. The van der Waals surface area contributed by atoms with Crippen LogP contribution in [0.2, 0.25) is 0 Å². The lowest BCUT2D eigenvalue weighted by Gasteiger charge is -2.44. The van der Waals surface area contributed by atoms with Crippen molar-refractivity contribution in [3.63, 3.8) is 0 Å². The Morgan fingerprint density at radius 3 is 2.43 bits per heavy atom. The van der Waals surface area contributed by atoms with Gasteiger partial charge in [-0.1, -0.05) is 19.3 Å². The number of piperidine rings is 1. The highest BCUT2D eigenvalue weighted by atomic mass is 16.4. The van der Waals surface area contributed by atoms with Gasteiger partial charge in [-0.3, -0.25) is 0 Å². The second-order valence-corrected chi connectivity index (χ2v) is 6.68. The minimum Gasteiger partial charge on any atom is -0.478 e. The maximum atomic E-state index is 11.4. The van der Waals surface area contributed by atoms with Crippen molar-refractivity contribution in [2.24, 2.45) is 5.41 Å². The summed E-state index contributed by atoms with van der Waals surface area (Å²) in [6.45, 7) is 3.80. The normalized spacial score (nSPS) is 21.5. The van der Waals surface area contributed by atoms with E-state index in [4.69, 9.17) is 0 Å². The minimum absolute atomic E-state index is 0.334. The van der Waals surface area contributed by atoms with Crippen LogP contribution in [0.5, 0.6) is 0 Å². The molecular weight excluding hydrogens is 264 g/mol. The maximum absolute atomic E-state index is 11.4. The number of pyridine rings is 1. The third-order valence-corrected chi connectivity index (χ3v) is 5.28. The highest BCUT2D eigenvalue weighted by Gasteiger charge is 2.36. The molecule has 4 heteroatoms. The quantitative estimate of drug-likeness (QED) is 0.902. The number of rotatable bonds is 2. The van der Waals surface area contributed by atoms with Crippen LogP contribution in [0.15, 0.2) is 12.1 Å². The molecule has 1 saturated carbocycles. The molecule has 1 aromatic rings. The largest absolute Gasteiger partial charge is 0.478 e. The van der Waals surface area contributed by atoms with Crippen LogP contribution in [-0.4, -0.2) is 29.1 Å². The van der Waals surface area contributed by atoms with Crippen LogP contribution in [0.1, 0.15) is 61.0 Å². The fraction of sp³-hybridized carbons (Fsp3) is 0.647. The van der Waals surface area contributed by atoms with E-state index in [9.17, 15) is 9.90 Å². The number of aromatic nitrogens is 1. The first kappa shape index (κ1) is 14.4. The summed E-state index contributed by atoms with van der Waals surface area (Å²) in [6, 6.07) is 3.46. The predicted octanol–water partition coefficient (Wildman–Crippen LogP) is 3.64. The first-order valence-corrected chi connectivity index (χ1v) is 8.06. The molecule has 2 fully saturated rings. The number of aryl methyl sites for hydroxylation is 1. The van der Waals surface area contributed by atoms with Crippen molar-refractivity contribution >= 4 is 11.8 Å².